The maximum absolute atomic E-state index is 13.1. The van der Waals surface area contributed by atoms with Crippen LogP contribution in [0.4, 0.5) is 0 Å². The van der Waals surface area contributed by atoms with Gasteiger partial charge in [0.1, 0.15) is 0 Å². The first kappa shape index (κ1) is 22.5. The van der Waals surface area contributed by atoms with E-state index < -0.39 is 14.7 Å². The van der Waals surface area contributed by atoms with Crippen molar-refractivity contribution in [3.63, 3.8) is 0 Å². The van der Waals surface area contributed by atoms with Gasteiger partial charge in [0.15, 0.2) is 0 Å². The van der Waals surface area contributed by atoms with Crippen molar-refractivity contribution in [1.29, 1.82) is 0 Å². The molecule has 0 N–H and O–H groups in total. The van der Waals surface area contributed by atoms with Crippen molar-refractivity contribution in [1.82, 2.24) is 0 Å². The summed E-state index contributed by atoms with van der Waals surface area (Å²) in [6, 6.07) is 0. The number of phosphoric ester groups is 1. The monoisotopic (exact) mass is 356 g/mol. The Balaban J connectivity index is 5.81. The van der Waals surface area contributed by atoms with E-state index in [2.05, 4.69) is 27.7 Å². The van der Waals surface area contributed by atoms with E-state index in [1.165, 1.54) is 0 Å². The van der Waals surface area contributed by atoms with Crippen molar-refractivity contribution in [2.24, 2.45) is 0 Å². The first-order valence-corrected chi connectivity index (χ1v) is 13.4. The Morgan fingerprint density at radius 1 is 0.682 bits per heavy atom. The average Bonchev–Trinajstić information content (AvgIpc) is 2.40. The van der Waals surface area contributed by atoms with Gasteiger partial charge in [-0.2, -0.15) is 0 Å². The van der Waals surface area contributed by atoms with Crippen LogP contribution in [-0.2, 0) is 17.9 Å². The molecular formula is C16H38O4P2. The van der Waals surface area contributed by atoms with Crippen LogP contribution in [-0.4, -0.2) is 37.9 Å². The standard InChI is InChI=1S/C16H38O4P2/c1-7-13-22(14-8-2,15-9-3,16-10-4)20-21(17,18-11-5)19-12-6/h7-16H2,1-6H3. The molecule has 0 rings (SSSR count). The van der Waals surface area contributed by atoms with Gasteiger partial charge in [-0.05, 0) is 0 Å². The minimum absolute atomic E-state index is 0.347. The van der Waals surface area contributed by atoms with Crippen LogP contribution >= 0.6 is 14.7 Å². The third kappa shape index (κ3) is 6.21. The van der Waals surface area contributed by atoms with Gasteiger partial charge in [-0.25, -0.2) is 0 Å². The fraction of sp³-hybridized carbons (Fsp3) is 1.00. The third-order valence-electron chi connectivity index (χ3n) is 4.06. The molecule has 0 spiro atoms. The van der Waals surface area contributed by atoms with E-state index in [1.807, 2.05) is 13.8 Å². The summed E-state index contributed by atoms with van der Waals surface area (Å²) in [6.45, 7) is 10.6. The van der Waals surface area contributed by atoms with E-state index >= 15 is 0 Å². The zero-order valence-corrected chi connectivity index (χ0v) is 17.4. The third-order valence-corrected chi connectivity index (χ3v) is 14.2. The van der Waals surface area contributed by atoms with E-state index in [4.69, 9.17) is 13.4 Å². The summed E-state index contributed by atoms with van der Waals surface area (Å²) in [5.41, 5.74) is 0. The van der Waals surface area contributed by atoms with Crippen molar-refractivity contribution in [3.05, 3.63) is 0 Å². The number of hydrogen-bond acceptors (Lipinski definition) is 4. The van der Waals surface area contributed by atoms with Gasteiger partial charge in [0.25, 0.3) is 0 Å². The molecular weight excluding hydrogens is 318 g/mol. The number of phosphoric acid groups is 1. The second-order valence-corrected chi connectivity index (χ2v) is 13.7. The fourth-order valence-corrected chi connectivity index (χ4v) is 14.3. The molecule has 22 heavy (non-hydrogen) atoms. The van der Waals surface area contributed by atoms with Crippen molar-refractivity contribution in [2.45, 2.75) is 67.2 Å². The molecule has 6 heteroatoms. The fourth-order valence-electron chi connectivity index (χ4n) is 3.78. The Labute approximate surface area is 138 Å². The SMILES string of the molecule is CCCP(CCC)(CCC)(CCC)OP(=O)(OCC)OCC. The second kappa shape index (κ2) is 10.4. The van der Waals surface area contributed by atoms with Crippen LogP contribution in [0.5, 0.6) is 0 Å². The molecule has 0 aliphatic heterocycles. The second-order valence-electron chi connectivity index (χ2n) is 6.12. The van der Waals surface area contributed by atoms with Crippen molar-refractivity contribution in [3.8, 4) is 0 Å². The van der Waals surface area contributed by atoms with Gasteiger partial charge in [0, 0.05) is 0 Å². The molecule has 0 atom stereocenters. The molecule has 0 aliphatic rings. The minimum atomic E-state index is -3.47. The van der Waals surface area contributed by atoms with Gasteiger partial charge in [-0.3, -0.25) is 0 Å². The molecule has 0 unspecified atom stereocenters. The predicted octanol–water partition coefficient (Wildman–Crippen LogP) is 6.29. The van der Waals surface area contributed by atoms with Crippen molar-refractivity contribution < 1.29 is 17.9 Å². The summed E-state index contributed by atoms with van der Waals surface area (Å²) >= 11 is 0. The van der Waals surface area contributed by atoms with E-state index in [1.54, 1.807) is 0 Å². The molecule has 136 valence electrons. The predicted molar refractivity (Wildman–Crippen MR) is 99.5 cm³/mol. The van der Waals surface area contributed by atoms with Gasteiger partial charge in [-0.1, -0.05) is 0 Å². The zero-order valence-electron chi connectivity index (χ0n) is 15.6. The van der Waals surface area contributed by atoms with E-state index in [9.17, 15) is 4.57 Å². The topological polar surface area (TPSA) is 44.8 Å². The molecule has 0 radical (unpaired) electrons. The molecule has 0 saturated heterocycles. The number of rotatable bonds is 14. The molecule has 0 aromatic carbocycles. The van der Waals surface area contributed by atoms with Crippen LogP contribution in [0.3, 0.4) is 0 Å². The molecule has 0 aromatic rings. The van der Waals surface area contributed by atoms with E-state index in [0.29, 0.717) is 13.2 Å². The molecule has 0 fully saturated rings. The quantitative estimate of drug-likeness (QED) is 0.343. The summed E-state index contributed by atoms with van der Waals surface area (Å²) in [7, 11) is -3.47. The van der Waals surface area contributed by atoms with Gasteiger partial charge in [0.05, 0.1) is 0 Å². The first-order valence-electron chi connectivity index (χ1n) is 9.00. The van der Waals surface area contributed by atoms with Crippen LogP contribution in [0, 0.1) is 0 Å². The van der Waals surface area contributed by atoms with Gasteiger partial charge < -0.3 is 0 Å². The van der Waals surface area contributed by atoms with E-state index in [-0.39, 0.29) is 0 Å². The van der Waals surface area contributed by atoms with E-state index in [0.717, 1.165) is 50.3 Å². The Kier molecular flexibility index (Phi) is 10.7. The summed E-state index contributed by atoms with van der Waals surface area (Å²) in [6.07, 6.45) is 8.28. The van der Waals surface area contributed by atoms with Crippen LogP contribution in [0.15, 0.2) is 0 Å². The molecule has 0 amide bonds. The Hall–Kier alpha value is 0.540. The zero-order chi connectivity index (χ0) is 17.1. The first-order chi connectivity index (χ1) is 10.4. The van der Waals surface area contributed by atoms with Crippen LogP contribution in [0.1, 0.15) is 67.2 Å². The normalized spacial score (nSPS) is 14.7. The molecule has 0 aliphatic carbocycles. The summed E-state index contributed by atoms with van der Waals surface area (Å²) in [5, 5.41) is 0. The molecule has 0 heterocycles. The summed E-state index contributed by atoms with van der Waals surface area (Å²) < 4.78 is 30.6. The van der Waals surface area contributed by atoms with Crippen LogP contribution in [0.25, 0.3) is 0 Å². The van der Waals surface area contributed by atoms with Gasteiger partial charge in [-0.15, -0.1) is 0 Å². The van der Waals surface area contributed by atoms with Crippen molar-refractivity contribution >= 4 is 14.7 Å². The average molecular weight is 356 g/mol. The van der Waals surface area contributed by atoms with Gasteiger partial charge >= 0.3 is 138 Å². The molecule has 4 nitrogen and oxygen atoms in total. The number of hydrogen-bond donors (Lipinski definition) is 0. The molecule has 0 bridgehead atoms. The van der Waals surface area contributed by atoms with Gasteiger partial charge in [0.2, 0.25) is 0 Å². The maximum atomic E-state index is 13.1. The van der Waals surface area contributed by atoms with Crippen LogP contribution < -0.4 is 0 Å². The summed E-state index contributed by atoms with van der Waals surface area (Å²) in [5.74, 6) is 0. The Bertz CT molecular complexity index is 302. The summed E-state index contributed by atoms with van der Waals surface area (Å²) in [4.78, 5) is 0. The molecule has 0 aromatic heterocycles. The Morgan fingerprint density at radius 3 is 1.23 bits per heavy atom. The Morgan fingerprint density at radius 2 is 1.00 bits per heavy atom. The van der Waals surface area contributed by atoms with Crippen molar-refractivity contribution in [2.75, 3.05) is 37.9 Å². The molecule has 0 saturated carbocycles. The van der Waals surface area contributed by atoms with Crippen LogP contribution in [0.2, 0.25) is 0 Å².